The van der Waals surface area contributed by atoms with Gasteiger partial charge in [0.1, 0.15) is 5.75 Å². The molecule has 1 aliphatic heterocycles. The third-order valence-corrected chi connectivity index (χ3v) is 3.24. The van der Waals surface area contributed by atoms with Crippen LogP contribution < -0.4 is 10.1 Å². The first-order valence-electron chi connectivity index (χ1n) is 6.30. The average molecular weight is 272 g/mol. The summed E-state index contributed by atoms with van der Waals surface area (Å²) in [6.45, 7) is 3.86. The van der Waals surface area contributed by atoms with Gasteiger partial charge in [0.05, 0.1) is 13.7 Å². The Morgan fingerprint density at radius 3 is 2.44 bits per heavy atom. The maximum atomic E-state index is 5.76. The highest BCUT2D eigenvalue weighted by molar-refractivity contribution is 5.85. The maximum absolute atomic E-state index is 5.76. The van der Waals surface area contributed by atoms with E-state index in [1.165, 1.54) is 18.4 Å². The minimum atomic E-state index is 0. The number of methoxy groups -OCH3 is 1. The topological polar surface area (TPSA) is 30.5 Å². The average Bonchev–Trinajstić information content (AvgIpc) is 2.41. The molecule has 102 valence electrons. The first-order valence-corrected chi connectivity index (χ1v) is 6.30. The van der Waals surface area contributed by atoms with Crippen molar-refractivity contribution in [1.29, 1.82) is 0 Å². The van der Waals surface area contributed by atoms with E-state index in [2.05, 4.69) is 17.4 Å². The molecule has 1 aromatic rings. The van der Waals surface area contributed by atoms with E-state index in [9.17, 15) is 0 Å². The SMILES string of the molecule is COc1ccc(COCC2CCNCC2)cc1.Cl. The highest BCUT2D eigenvalue weighted by Crippen LogP contribution is 2.15. The van der Waals surface area contributed by atoms with Crippen LogP contribution in [-0.4, -0.2) is 26.8 Å². The highest BCUT2D eigenvalue weighted by atomic mass is 35.5. The fraction of sp³-hybridized carbons (Fsp3) is 0.571. The van der Waals surface area contributed by atoms with Crippen molar-refractivity contribution in [3.05, 3.63) is 29.8 Å². The molecule has 0 atom stereocenters. The van der Waals surface area contributed by atoms with Crippen molar-refractivity contribution in [2.24, 2.45) is 5.92 Å². The van der Waals surface area contributed by atoms with Crippen LogP contribution in [0.15, 0.2) is 24.3 Å². The summed E-state index contributed by atoms with van der Waals surface area (Å²) in [6.07, 6.45) is 2.48. The van der Waals surface area contributed by atoms with Crippen LogP contribution in [0.4, 0.5) is 0 Å². The smallest absolute Gasteiger partial charge is 0.118 e. The molecule has 18 heavy (non-hydrogen) atoms. The van der Waals surface area contributed by atoms with Crippen LogP contribution >= 0.6 is 12.4 Å². The Morgan fingerprint density at radius 1 is 1.17 bits per heavy atom. The summed E-state index contributed by atoms with van der Waals surface area (Å²) < 4.78 is 10.9. The Hall–Kier alpha value is -0.770. The summed E-state index contributed by atoms with van der Waals surface area (Å²) in [4.78, 5) is 0. The van der Waals surface area contributed by atoms with E-state index < -0.39 is 0 Å². The number of benzene rings is 1. The fourth-order valence-corrected chi connectivity index (χ4v) is 2.11. The van der Waals surface area contributed by atoms with Gasteiger partial charge < -0.3 is 14.8 Å². The number of hydrogen-bond donors (Lipinski definition) is 1. The van der Waals surface area contributed by atoms with Crippen molar-refractivity contribution in [1.82, 2.24) is 5.32 Å². The van der Waals surface area contributed by atoms with Crippen molar-refractivity contribution in [2.75, 3.05) is 26.8 Å². The summed E-state index contributed by atoms with van der Waals surface area (Å²) >= 11 is 0. The molecular formula is C14H22ClNO2. The lowest BCUT2D eigenvalue weighted by atomic mass is 9.99. The molecule has 2 rings (SSSR count). The van der Waals surface area contributed by atoms with Crippen LogP contribution in [-0.2, 0) is 11.3 Å². The van der Waals surface area contributed by atoms with Crippen molar-refractivity contribution in [3.8, 4) is 5.75 Å². The Morgan fingerprint density at radius 2 is 1.83 bits per heavy atom. The molecular weight excluding hydrogens is 250 g/mol. The predicted molar refractivity (Wildman–Crippen MR) is 75.5 cm³/mol. The summed E-state index contributed by atoms with van der Waals surface area (Å²) in [6, 6.07) is 8.06. The lowest BCUT2D eigenvalue weighted by molar-refractivity contribution is 0.0763. The molecule has 1 aromatic carbocycles. The molecule has 4 heteroatoms. The minimum Gasteiger partial charge on any atom is -0.497 e. The number of piperidine rings is 1. The van der Waals surface area contributed by atoms with Crippen LogP contribution in [0.5, 0.6) is 5.75 Å². The van der Waals surface area contributed by atoms with Crippen molar-refractivity contribution in [2.45, 2.75) is 19.4 Å². The van der Waals surface area contributed by atoms with Gasteiger partial charge in [0, 0.05) is 6.61 Å². The monoisotopic (exact) mass is 271 g/mol. The second-order valence-corrected chi connectivity index (χ2v) is 4.56. The summed E-state index contributed by atoms with van der Waals surface area (Å²) in [5, 5.41) is 3.37. The molecule has 0 amide bonds. The third kappa shape index (κ3) is 4.84. The van der Waals surface area contributed by atoms with Gasteiger partial charge in [0.25, 0.3) is 0 Å². The Balaban J connectivity index is 0.00000162. The highest BCUT2D eigenvalue weighted by Gasteiger charge is 2.12. The normalized spacial score (nSPS) is 16.1. The molecule has 0 aliphatic carbocycles. The van der Waals surface area contributed by atoms with E-state index in [1.54, 1.807) is 7.11 Å². The lowest BCUT2D eigenvalue weighted by Gasteiger charge is -2.22. The number of nitrogens with one attached hydrogen (secondary N) is 1. The van der Waals surface area contributed by atoms with Gasteiger partial charge >= 0.3 is 0 Å². The second kappa shape index (κ2) is 8.35. The van der Waals surface area contributed by atoms with Crippen LogP contribution in [0, 0.1) is 5.92 Å². The first-order chi connectivity index (χ1) is 8.38. The van der Waals surface area contributed by atoms with Gasteiger partial charge in [-0.2, -0.15) is 0 Å². The molecule has 1 saturated heterocycles. The van der Waals surface area contributed by atoms with Gasteiger partial charge in [-0.05, 0) is 49.5 Å². The molecule has 3 nitrogen and oxygen atoms in total. The van der Waals surface area contributed by atoms with E-state index in [1.807, 2.05) is 12.1 Å². The Bertz CT molecular complexity index is 323. The van der Waals surface area contributed by atoms with Crippen molar-refractivity contribution < 1.29 is 9.47 Å². The zero-order valence-electron chi connectivity index (χ0n) is 10.9. The quantitative estimate of drug-likeness (QED) is 0.893. The lowest BCUT2D eigenvalue weighted by Crippen LogP contribution is -2.29. The van der Waals surface area contributed by atoms with E-state index in [0.717, 1.165) is 31.4 Å². The standard InChI is InChI=1S/C14H21NO2.ClH/c1-16-14-4-2-12(3-5-14)10-17-11-13-6-8-15-9-7-13;/h2-5,13,15H,6-11H2,1H3;1H. The number of hydrogen-bond acceptors (Lipinski definition) is 3. The van der Waals surface area contributed by atoms with Crippen LogP contribution in [0.1, 0.15) is 18.4 Å². The van der Waals surface area contributed by atoms with Gasteiger partial charge in [0.15, 0.2) is 0 Å². The molecule has 0 aromatic heterocycles. The fourth-order valence-electron chi connectivity index (χ4n) is 2.11. The zero-order chi connectivity index (χ0) is 11.9. The van der Waals surface area contributed by atoms with E-state index >= 15 is 0 Å². The van der Waals surface area contributed by atoms with Gasteiger partial charge in [-0.25, -0.2) is 0 Å². The largest absolute Gasteiger partial charge is 0.497 e. The molecule has 0 saturated carbocycles. The van der Waals surface area contributed by atoms with E-state index in [4.69, 9.17) is 9.47 Å². The van der Waals surface area contributed by atoms with Gasteiger partial charge in [-0.15, -0.1) is 12.4 Å². The molecule has 1 aliphatic rings. The molecule has 1 N–H and O–H groups in total. The zero-order valence-corrected chi connectivity index (χ0v) is 11.7. The van der Waals surface area contributed by atoms with E-state index in [0.29, 0.717) is 6.61 Å². The number of rotatable bonds is 5. The summed E-state index contributed by atoms with van der Waals surface area (Å²) in [7, 11) is 1.68. The minimum absolute atomic E-state index is 0. The molecule has 0 bridgehead atoms. The van der Waals surface area contributed by atoms with Crippen LogP contribution in [0.25, 0.3) is 0 Å². The molecule has 0 spiro atoms. The Kier molecular flexibility index (Phi) is 7.09. The molecule has 1 fully saturated rings. The van der Waals surface area contributed by atoms with Crippen molar-refractivity contribution in [3.63, 3.8) is 0 Å². The molecule has 1 heterocycles. The third-order valence-electron chi connectivity index (χ3n) is 3.24. The number of ether oxygens (including phenoxy) is 2. The second-order valence-electron chi connectivity index (χ2n) is 4.56. The summed E-state index contributed by atoms with van der Waals surface area (Å²) in [5.41, 5.74) is 1.21. The number of halogens is 1. The van der Waals surface area contributed by atoms with Crippen molar-refractivity contribution >= 4 is 12.4 Å². The molecule has 0 unspecified atom stereocenters. The first kappa shape index (κ1) is 15.3. The Labute approximate surface area is 115 Å². The van der Waals surface area contributed by atoms with Crippen LogP contribution in [0.3, 0.4) is 0 Å². The molecule has 0 radical (unpaired) electrons. The van der Waals surface area contributed by atoms with E-state index in [-0.39, 0.29) is 12.4 Å². The van der Waals surface area contributed by atoms with Gasteiger partial charge in [-0.3, -0.25) is 0 Å². The predicted octanol–water partition coefficient (Wildman–Crippen LogP) is 2.63. The van der Waals surface area contributed by atoms with Gasteiger partial charge in [0.2, 0.25) is 0 Å². The van der Waals surface area contributed by atoms with Gasteiger partial charge in [-0.1, -0.05) is 12.1 Å². The summed E-state index contributed by atoms with van der Waals surface area (Å²) in [5.74, 6) is 1.63. The maximum Gasteiger partial charge on any atom is 0.118 e. The van der Waals surface area contributed by atoms with Crippen LogP contribution in [0.2, 0.25) is 0 Å².